The number of amides is 2. The van der Waals surface area contributed by atoms with E-state index in [-0.39, 0.29) is 45.5 Å². The molecular weight excluding hydrogens is 873 g/mol. The van der Waals surface area contributed by atoms with Crippen molar-refractivity contribution < 1.29 is 19.1 Å². The molecule has 9 heteroatoms. The Kier molecular flexibility index (Phi) is 32.5. The maximum Gasteiger partial charge on any atom is 0.237 e. The molecule has 0 aliphatic heterocycles. The largest absolute Gasteiger partial charge is 0.375 e. The van der Waals surface area contributed by atoms with E-state index in [2.05, 4.69) is 90.5 Å². The van der Waals surface area contributed by atoms with Crippen molar-refractivity contribution in [3.63, 3.8) is 0 Å². The molecule has 0 saturated heterocycles. The summed E-state index contributed by atoms with van der Waals surface area (Å²) in [5, 5.41) is 14.8. The minimum atomic E-state index is -0.607. The Morgan fingerprint density at radius 1 is 0.609 bits per heavy atom. The molecule has 0 aromatic heterocycles. The Bertz CT molecular complexity index is 1330. The number of hydrogen-bond acceptors (Lipinski definition) is 7. The molecule has 8 nitrogen and oxygen atoms in total. The Morgan fingerprint density at radius 2 is 1.09 bits per heavy atom. The highest BCUT2D eigenvalue weighted by Gasteiger charge is 2.44. The summed E-state index contributed by atoms with van der Waals surface area (Å²) in [4.78, 5) is 42.9. The summed E-state index contributed by atoms with van der Waals surface area (Å²) in [7, 11) is 0. The standard InChI is InChI=1S/C60H116N4O4S/c1-12-57(13-2,44-47-68-59(14-3,15-4)43-45-61-52(65)37-42-56(9,10)11)49-58(38-33-29-25-21-18-17-19-22-26-30-34-39-58)64-53(50(6)7)55(67)63-51(8)54(66)60(62-46-48-69-16-5)40-35-31-27-23-20-24-28-32-36-41-60/h50-51,53,62,64H,12-49H2,1-11H3,(H,61,65)(H,63,67)/t51-,53-/m0/s1. The third-order valence-electron chi connectivity index (χ3n) is 17.1. The molecular formula is C60H116N4O4S. The van der Waals surface area contributed by atoms with Crippen LogP contribution in [0.25, 0.3) is 0 Å². The first-order chi connectivity index (χ1) is 33.0. The topological polar surface area (TPSA) is 109 Å². The number of thioether (sulfide) groups is 1. The summed E-state index contributed by atoms with van der Waals surface area (Å²) >= 11 is 1.93. The summed E-state index contributed by atoms with van der Waals surface area (Å²) in [5.41, 5.74) is -0.911. The van der Waals surface area contributed by atoms with Crippen molar-refractivity contribution >= 4 is 29.4 Å². The number of ketones is 1. The van der Waals surface area contributed by atoms with Gasteiger partial charge in [-0.25, -0.2) is 0 Å². The minimum absolute atomic E-state index is 0.0161. The smallest absolute Gasteiger partial charge is 0.237 e. The molecule has 2 aliphatic carbocycles. The van der Waals surface area contributed by atoms with Crippen LogP contribution in [0, 0.1) is 16.7 Å². The number of Topliss-reactive ketones (excluding diaryl/α,β-unsaturated/α-hetero) is 1. The molecule has 0 aromatic rings. The SMILES string of the molecule is CCSCCNC1(C(=O)[C@H](C)NC(=O)[C@@H](NC2(CC(CC)(CC)CCOC(CC)(CC)CCNC(=O)CCC(C)(C)C)CCCCCCCCCCCCC2)C(C)C)CCCCCCCCCCC1. The minimum Gasteiger partial charge on any atom is -0.375 e. The zero-order chi connectivity index (χ0) is 51.1. The fraction of sp³-hybridized carbons (Fsp3) is 0.950. The maximum absolute atomic E-state index is 15.0. The van der Waals surface area contributed by atoms with Gasteiger partial charge >= 0.3 is 0 Å². The zero-order valence-corrected chi connectivity index (χ0v) is 48.5. The van der Waals surface area contributed by atoms with E-state index in [0.29, 0.717) is 19.6 Å². The molecule has 2 aliphatic rings. The second kappa shape index (κ2) is 35.1. The van der Waals surface area contributed by atoms with Crippen molar-refractivity contribution in [2.24, 2.45) is 16.7 Å². The molecule has 0 bridgehead atoms. The molecule has 0 heterocycles. The second-order valence-electron chi connectivity index (χ2n) is 24.1. The summed E-state index contributed by atoms with van der Waals surface area (Å²) in [6, 6.07) is -0.981. The van der Waals surface area contributed by atoms with Crippen LogP contribution in [0.3, 0.4) is 0 Å². The lowest BCUT2D eigenvalue weighted by Gasteiger charge is -2.47. The van der Waals surface area contributed by atoms with Crippen LogP contribution in [0.4, 0.5) is 0 Å². The number of rotatable bonds is 27. The van der Waals surface area contributed by atoms with Gasteiger partial charge in [0.2, 0.25) is 11.8 Å². The number of nitrogens with one attached hydrogen (secondary N) is 4. The molecule has 0 radical (unpaired) electrons. The number of ether oxygens (including phenoxy) is 1. The lowest BCUT2D eigenvalue weighted by Crippen LogP contribution is -2.63. The van der Waals surface area contributed by atoms with E-state index < -0.39 is 17.6 Å². The van der Waals surface area contributed by atoms with Gasteiger partial charge in [0, 0.05) is 37.4 Å². The predicted molar refractivity (Wildman–Crippen MR) is 299 cm³/mol. The molecule has 69 heavy (non-hydrogen) atoms. The van der Waals surface area contributed by atoms with Gasteiger partial charge in [-0.2, -0.15) is 11.8 Å². The quantitative estimate of drug-likeness (QED) is 0.0607. The van der Waals surface area contributed by atoms with Crippen LogP contribution in [0.2, 0.25) is 0 Å². The monoisotopic (exact) mass is 989 g/mol. The van der Waals surface area contributed by atoms with Gasteiger partial charge in [0.25, 0.3) is 0 Å². The van der Waals surface area contributed by atoms with Gasteiger partial charge in [-0.05, 0) is 93.6 Å². The highest BCUT2D eigenvalue weighted by molar-refractivity contribution is 7.99. The molecule has 0 spiro atoms. The average molecular weight is 990 g/mol. The molecule has 2 rings (SSSR count). The fourth-order valence-electron chi connectivity index (χ4n) is 11.9. The summed E-state index contributed by atoms with van der Waals surface area (Å²) in [5.74, 6) is 2.43. The average Bonchev–Trinajstić information content (AvgIpc) is 3.32. The van der Waals surface area contributed by atoms with Crippen LogP contribution >= 0.6 is 11.8 Å². The van der Waals surface area contributed by atoms with E-state index in [1.807, 2.05) is 18.7 Å². The van der Waals surface area contributed by atoms with Gasteiger partial charge in [-0.15, -0.1) is 0 Å². The molecule has 2 amide bonds. The van der Waals surface area contributed by atoms with E-state index in [0.717, 1.165) is 121 Å². The van der Waals surface area contributed by atoms with Crippen LogP contribution in [-0.2, 0) is 19.1 Å². The first kappa shape index (κ1) is 64.0. The molecule has 0 aromatic carbocycles. The Balaban J connectivity index is 2.46. The van der Waals surface area contributed by atoms with E-state index in [1.54, 1.807) is 0 Å². The van der Waals surface area contributed by atoms with E-state index >= 15 is 9.59 Å². The van der Waals surface area contributed by atoms with Gasteiger partial charge in [0.15, 0.2) is 5.78 Å². The zero-order valence-electron chi connectivity index (χ0n) is 47.6. The van der Waals surface area contributed by atoms with Crippen molar-refractivity contribution in [3.05, 3.63) is 0 Å². The third-order valence-corrected chi connectivity index (χ3v) is 18.0. The van der Waals surface area contributed by atoms with Crippen molar-refractivity contribution in [2.75, 3.05) is 31.2 Å². The van der Waals surface area contributed by atoms with E-state index in [9.17, 15) is 4.79 Å². The Labute approximate surface area is 432 Å². The van der Waals surface area contributed by atoms with Gasteiger partial charge < -0.3 is 26.0 Å². The van der Waals surface area contributed by atoms with Crippen LogP contribution in [-0.4, -0.2) is 77.6 Å². The van der Waals surface area contributed by atoms with E-state index in [1.165, 1.54) is 103 Å². The van der Waals surface area contributed by atoms with Crippen LogP contribution < -0.4 is 21.3 Å². The van der Waals surface area contributed by atoms with Gasteiger partial charge in [-0.1, -0.05) is 210 Å². The molecule has 2 fully saturated rings. The normalized spacial score (nSPS) is 19.9. The fourth-order valence-corrected chi connectivity index (χ4v) is 12.5. The maximum atomic E-state index is 15.0. The highest BCUT2D eigenvalue weighted by Crippen LogP contribution is 2.44. The summed E-state index contributed by atoms with van der Waals surface area (Å²) < 4.78 is 7.03. The van der Waals surface area contributed by atoms with E-state index in [4.69, 9.17) is 4.74 Å². The summed E-state index contributed by atoms with van der Waals surface area (Å²) in [6.45, 7) is 26.5. The third kappa shape index (κ3) is 25.1. The molecule has 4 N–H and O–H groups in total. The van der Waals surface area contributed by atoms with Crippen molar-refractivity contribution in [3.8, 4) is 0 Å². The first-order valence-electron chi connectivity index (χ1n) is 29.8. The lowest BCUT2D eigenvalue weighted by atomic mass is 9.66. The van der Waals surface area contributed by atoms with Gasteiger partial charge in [-0.3, -0.25) is 14.4 Å². The first-order valence-corrected chi connectivity index (χ1v) is 31.0. The molecule has 406 valence electrons. The van der Waals surface area contributed by atoms with Gasteiger partial charge in [0.1, 0.15) is 0 Å². The van der Waals surface area contributed by atoms with Crippen LogP contribution in [0.5, 0.6) is 0 Å². The second-order valence-corrected chi connectivity index (χ2v) is 25.4. The van der Waals surface area contributed by atoms with Crippen LogP contribution in [0.15, 0.2) is 0 Å². The highest BCUT2D eigenvalue weighted by atomic mass is 32.2. The van der Waals surface area contributed by atoms with Crippen molar-refractivity contribution in [1.29, 1.82) is 0 Å². The number of carbonyl (C=O) groups is 3. The summed E-state index contributed by atoms with van der Waals surface area (Å²) in [6.07, 6.45) is 36.9. The number of hydrogen-bond donors (Lipinski definition) is 4. The molecule has 0 unspecified atom stereocenters. The Morgan fingerprint density at radius 3 is 1.52 bits per heavy atom. The number of carbonyl (C=O) groups excluding carboxylic acids is 3. The van der Waals surface area contributed by atoms with Crippen molar-refractivity contribution in [2.45, 2.75) is 317 Å². The predicted octanol–water partition coefficient (Wildman–Crippen LogP) is 15.4. The lowest BCUT2D eigenvalue weighted by molar-refractivity contribution is -0.133. The molecule has 2 atom stereocenters. The van der Waals surface area contributed by atoms with Gasteiger partial charge in [0.05, 0.1) is 23.2 Å². The molecule has 2 saturated carbocycles. The van der Waals surface area contributed by atoms with Crippen molar-refractivity contribution in [1.82, 2.24) is 21.3 Å². The van der Waals surface area contributed by atoms with Crippen LogP contribution in [0.1, 0.15) is 288 Å². The Hall–Kier alpha value is -1.16.